The van der Waals surface area contributed by atoms with E-state index < -0.39 is 0 Å². The normalized spacial score (nSPS) is 20.6. The molecule has 2 amide bonds. The van der Waals surface area contributed by atoms with Crippen LogP contribution in [-0.2, 0) is 9.59 Å². The molecule has 2 N–H and O–H groups in total. The number of carbonyl (C=O) groups is 2. The second-order valence-electron chi connectivity index (χ2n) is 4.91. The van der Waals surface area contributed by atoms with Gasteiger partial charge < -0.3 is 10.6 Å². The molecule has 0 aromatic carbocycles. The Balaban J connectivity index is 2.30. The summed E-state index contributed by atoms with van der Waals surface area (Å²) in [5.41, 5.74) is 0. The molecule has 1 aliphatic rings. The number of rotatable bonds is 5. The van der Waals surface area contributed by atoms with Gasteiger partial charge in [0.05, 0.1) is 0 Å². The molecule has 0 aromatic rings. The van der Waals surface area contributed by atoms with Gasteiger partial charge >= 0.3 is 0 Å². The Labute approximate surface area is 109 Å². The third kappa shape index (κ3) is 5.66. The van der Waals surface area contributed by atoms with Gasteiger partial charge in [-0.05, 0) is 25.2 Å². The van der Waals surface area contributed by atoms with Gasteiger partial charge in [-0.15, -0.1) is 0 Å². The predicted octanol–water partition coefficient (Wildman–Crippen LogP) is 1.54. The van der Waals surface area contributed by atoms with Crippen molar-refractivity contribution in [2.24, 2.45) is 5.92 Å². The van der Waals surface area contributed by atoms with Crippen molar-refractivity contribution in [2.45, 2.75) is 39.2 Å². The van der Waals surface area contributed by atoms with E-state index >= 15 is 0 Å². The van der Waals surface area contributed by atoms with Crippen LogP contribution in [0.1, 0.15) is 33.1 Å². The van der Waals surface area contributed by atoms with E-state index in [2.05, 4.69) is 24.5 Å². The number of carbonyl (C=O) groups excluding carboxylic acids is 2. The molecule has 0 bridgehead atoms. The van der Waals surface area contributed by atoms with Gasteiger partial charge in [0, 0.05) is 12.6 Å². The quantitative estimate of drug-likeness (QED) is 0.574. The maximum atomic E-state index is 11.5. The van der Waals surface area contributed by atoms with Crippen molar-refractivity contribution in [3.8, 4) is 0 Å². The molecular formula is C14H22N2O2. The Kier molecular flexibility index (Phi) is 6.19. The first-order chi connectivity index (χ1) is 8.59. The van der Waals surface area contributed by atoms with Crippen molar-refractivity contribution in [1.29, 1.82) is 0 Å². The lowest BCUT2D eigenvalue weighted by molar-refractivity contribution is -0.128. The molecule has 1 aliphatic heterocycles. The molecule has 1 heterocycles. The fourth-order valence-corrected chi connectivity index (χ4v) is 1.70. The SMILES string of the molecule is CC(C)C/C=C/C=C/C(=O)N[C@H]1CCCNC1=O. The lowest BCUT2D eigenvalue weighted by Gasteiger charge is -2.21. The third-order valence-corrected chi connectivity index (χ3v) is 2.70. The largest absolute Gasteiger partial charge is 0.354 e. The van der Waals surface area contributed by atoms with Crippen LogP contribution in [0.15, 0.2) is 24.3 Å². The van der Waals surface area contributed by atoms with E-state index in [0.717, 1.165) is 12.8 Å². The topological polar surface area (TPSA) is 58.2 Å². The molecule has 0 aliphatic carbocycles. The highest BCUT2D eigenvalue weighted by Gasteiger charge is 2.22. The van der Waals surface area contributed by atoms with Crippen molar-refractivity contribution >= 4 is 11.8 Å². The summed E-state index contributed by atoms with van der Waals surface area (Å²) in [6.45, 7) is 4.99. The summed E-state index contributed by atoms with van der Waals surface area (Å²) in [5, 5.41) is 5.43. The summed E-state index contributed by atoms with van der Waals surface area (Å²) in [6.07, 6.45) is 9.68. The number of hydrogen-bond acceptors (Lipinski definition) is 2. The van der Waals surface area contributed by atoms with Crippen molar-refractivity contribution < 1.29 is 9.59 Å². The minimum atomic E-state index is -0.379. The Hall–Kier alpha value is -1.58. The van der Waals surface area contributed by atoms with E-state index in [1.807, 2.05) is 12.2 Å². The van der Waals surface area contributed by atoms with E-state index in [0.29, 0.717) is 18.9 Å². The molecule has 4 nitrogen and oxygen atoms in total. The minimum absolute atomic E-state index is 0.0849. The lowest BCUT2D eigenvalue weighted by atomic mass is 10.1. The second-order valence-corrected chi connectivity index (χ2v) is 4.91. The lowest BCUT2D eigenvalue weighted by Crippen LogP contribution is -2.49. The Morgan fingerprint density at radius 2 is 2.28 bits per heavy atom. The van der Waals surface area contributed by atoms with Crippen LogP contribution in [0.2, 0.25) is 0 Å². The highest BCUT2D eigenvalue weighted by Crippen LogP contribution is 2.03. The van der Waals surface area contributed by atoms with Crippen LogP contribution in [0.5, 0.6) is 0 Å². The first kappa shape index (κ1) is 14.5. The van der Waals surface area contributed by atoms with E-state index in [1.165, 1.54) is 6.08 Å². The van der Waals surface area contributed by atoms with Crippen LogP contribution < -0.4 is 10.6 Å². The van der Waals surface area contributed by atoms with Crippen LogP contribution in [0.3, 0.4) is 0 Å². The second kappa shape index (κ2) is 7.69. The molecule has 18 heavy (non-hydrogen) atoms. The smallest absolute Gasteiger partial charge is 0.244 e. The van der Waals surface area contributed by atoms with Gasteiger partial charge in [-0.1, -0.05) is 32.1 Å². The van der Waals surface area contributed by atoms with E-state index in [4.69, 9.17) is 0 Å². The van der Waals surface area contributed by atoms with Gasteiger partial charge in [-0.3, -0.25) is 9.59 Å². The van der Waals surface area contributed by atoms with Crippen LogP contribution in [-0.4, -0.2) is 24.4 Å². The molecule has 0 radical (unpaired) electrons. The zero-order chi connectivity index (χ0) is 13.4. The predicted molar refractivity (Wildman–Crippen MR) is 71.9 cm³/mol. The van der Waals surface area contributed by atoms with Gasteiger partial charge in [-0.25, -0.2) is 0 Å². The maximum Gasteiger partial charge on any atom is 0.244 e. The third-order valence-electron chi connectivity index (χ3n) is 2.70. The average molecular weight is 250 g/mol. The molecule has 0 unspecified atom stereocenters. The first-order valence-corrected chi connectivity index (χ1v) is 6.51. The first-order valence-electron chi connectivity index (χ1n) is 6.51. The van der Waals surface area contributed by atoms with Gasteiger partial charge in [0.2, 0.25) is 11.8 Å². The van der Waals surface area contributed by atoms with E-state index in [9.17, 15) is 9.59 Å². The van der Waals surface area contributed by atoms with E-state index in [-0.39, 0.29) is 17.9 Å². The van der Waals surface area contributed by atoms with Crippen LogP contribution in [0.4, 0.5) is 0 Å². The fourth-order valence-electron chi connectivity index (χ4n) is 1.70. The van der Waals surface area contributed by atoms with Crippen LogP contribution >= 0.6 is 0 Å². The Morgan fingerprint density at radius 3 is 2.94 bits per heavy atom. The molecule has 0 spiro atoms. The molecule has 1 atom stereocenters. The van der Waals surface area contributed by atoms with Gasteiger partial charge in [0.15, 0.2) is 0 Å². The number of nitrogens with one attached hydrogen (secondary N) is 2. The number of hydrogen-bond donors (Lipinski definition) is 2. The van der Waals surface area contributed by atoms with E-state index in [1.54, 1.807) is 6.08 Å². The molecule has 4 heteroatoms. The van der Waals surface area contributed by atoms with Crippen molar-refractivity contribution in [3.63, 3.8) is 0 Å². The summed E-state index contributed by atoms with van der Waals surface area (Å²) in [7, 11) is 0. The molecule has 1 rings (SSSR count). The summed E-state index contributed by atoms with van der Waals surface area (Å²) in [5.74, 6) is 0.319. The standard InChI is InChI=1S/C14H22N2O2/c1-11(2)7-4-3-5-9-13(17)16-12-8-6-10-15-14(12)18/h3-5,9,11-12H,6-8,10H2,1-2H3,(H,15,18)(H,16,17)/b4-3+,9-5+/t12-/m0/s1. The van der Waals surface area contributed by atoms with Crippen LogP contribution in [0, 0.1) is 5.92 Å². The Bertz CT molecular complexity index is 346. The molecule has 1 fully saturated rings. The average Bonchev–Trinajstić information content (AvgIpc) is 2.31. The van der Waals surface area contributed by atoms with Gasteiger partial charge in [0.1, 0.15) is 6.04 Å². The summed E-state index contributed by atoms with van der Waals surface area (Å²) >= 11 is 0. The highest BCUT2D eigenvalue weighted by molar-refractivity contribution is 5.93. The number of piperidine rings is 1. The van der Waals surface area contributed by atoms with Crippen molar-refractivity contribution in [3.05, 3.63) is 24.3 Å². The highest BCUT2D eigenvalue weighted by atomic mass is 16.2. The monoisotopic (exact) mass is 250 g/mol. The van der Waals surface area contributed by atoms with Crippen molar-refractivity contribution in [2.75, 3.05) is 6.54 Å². The molecule has 0 aromatic heterocycles. The zero-order valence-electron chi connectivity index (χ0n) is 11.1. The summed E-state index contributed by atoms with van der Waals surface area (Å²) in [4.78, 5) is 23.0. The van der Waals surface area contributed by atoms with Crippen LogP contribution in [0.25, 0.3) is 0 Å². The maximum absolute atomic E-state index is 11.5. The van der Waals surface area contributed by atoms with Crippen molar-refractivity contribution in [1.82, 2.24) is 10.6 Å². The van der Waals surface area contributed by atoms with Gasteiger partial charge in [0.25, 0.3) is 0 Å². The molecule has 100 valence electrons. The number of amides is 2. The number of allylic oxidation sites excluding steroid dienone is 3. The zero-order valence-corrected chi connectivity index (χ0v) is 11.1. The van der Waals surface area contributed by atoms with Gasteiger partial charge in [-0.2, -0.15) is 0 Å². The molecule has 1 saturated heterocycles. The fraction of sp³-hybridized carbons (Fsp3) is 0.571. The molecule has 0 saturated carbocycles. The molecular weight excluding hydrogens is 228 g/mol. The Morgan fingerprint density at radius 1 is 1.50 bits per heavy atom. The summed E-state index contributed by atoms with van der Waals surface area (Å²) < 4.78 is 0. The minimum Gasteiger partial charge on any atom is -0.354 e. The summed E-state index contributed by atoms with van der Waals surface area (Å²) in [6, 6.07) is -0.379.